The second-order valence-corrected chi connectivity index (χ2v) is 6.07. The predicted octanol–water partition coefficient (Wildman–Crippen LogP) is 3.17. The first-order valence-electron chi connectivity index (χ1n) is 7.92. The van der Waals surface area contributed by atoms with Crippen molar-refractivity contribution in [3.05, 3.63) is 18.1 Å². The normalized spacial score (nSPS) is 26.4. The Kier molecular flexibility index (Phi) is 5.35. The molecule has 1 aliphatic carbocycles. The van der Waals surface area contributed by atoms with Gasteiger partial charge >= 0.3 is 0 Å². The summed E-state index contributed by atoms with van der Waals surface area (Å²) < 4.78 is 0. The third kappa shape index (κ3) is 4.17. The lowest BCUT2D eigenvalue weighted by Gasteiger charge is -2.36. The number of nitrogens with zero attached hydrogens (tertiary/aromatic N) is 2. The Labute approximate surface area is 122 Å². The third-order valence-electron chi connectivity index (χ3n) is 4.44. The summed E-state index contributed by atoms with van der Waals surface area (Å²) in [6.07, 6.45) is 8.95. The van der Waals surface area contributed by atoms with Gasteiger partial charge in [0.25, 0.3) is 0 Å². The molecule has 1 aromatic heterocycles. The van der Waals surface area contributed by atoms with E-state index in [9.17, 15) is 5.11 Å². The number of hydrogen-bond donors (Lipinski definition) is 2. The van der Waals surface area contributed by atoms with E-state index in [1.165, 1.54) is 6.42 Å². The molecule has 0 aromatic carbocycles. The summed E-state index contributed by atoms with van der Waals surface area (Å²) in [6.45, 7) is 4.97. The van der Waals surface area contributed by atoms with Gasteiger partial charge in [0.2, 0.25) is 0 Å². The largest absolute Gasteiger partial charge is 0.388 e. The zero-order valence-corrected chi connectivity index (χ0v) is 12.7. The third-order valence-corrected chi connectivity index (χ3v) is 4.44. The molecular formula is C16H27N3O. The summed E-state index contributed by atoms with van der Waals surface area (Å²) in [5.74, 6) is 1.62. The molecule has 1 saturated carbocycles. The van der Waals surface area contributed by atoms with Crippen molar-refractivity contribution in [3.63, 3.8) is 0 Å². The highest BCUT2D eigenvalue weighted by molar-refractivity contribution is 5.35. The molecule has 1 fully saturated rings. The number of anilines is 1. The van der Waals surface area contributed by atoms with Gasteiger partial charge in [0, 0.05) is 18.3 Å². The van der Waals surface area contributed by atoms with E-state index < -0.39 is 5.60 Å². The van der Waals surface area contributed by atoms with E-state index in [1.54, 1.807) is 6.33 Å². The number of aryl methyl sites for hydroxylation is 1. The van der Waals surface area contributed by atoms with Crippen LogP contribution in [-0.4, -0.2) is 27.2 Å². The highest BCUT2D eigenvalue weighted by atomic mass is 16.3. The standard InChI is InChI=1S/C16H27N3O/c1-3-5-14-10-15(19-12-18-14)17-11-16(20)8-6-13(4-2)7-9-16/h10,12-13,20H,3-9,11H2,1-2H3,(H,17,18,19). The van der Waals surface area contributed by atoms with E-state index in [2.05, 4.69) is 29.1 Å². The van der Waals surface area contributed by atoms with Gasteiger partial charge < -0.3 is 10.4 Å². The number of aliphatic hydroxyl groups is 1. The molecule has 0 aliphatic heterocycles. The van der Waals surface area contributed by atoms with E-state index in [-0.39, 0.29) is 0 Å². The number of nitrogens with one attached hydrogen (secondary N) is 1. The van der Waals surface area contributed by atoms with Gasteiger partial charge in [-0.15, -0.1) is 0 Å². The molecule has 0 amide bonds. The molecule has 0 radical (unpaired) electrons. The lowest BCUT2D eigenvalue weighted by molar-refractivity contribution is 0.00222. The van der Waals surface area contributed by atoms with Crippen molar-refractivity contribution >= 4 is 5.82 Å². The van der Waals surface area contributed by atoms with Crippen molar-refractivity contribution in [2.75, 3.05) is 11.9 Å². The van der Waals surface area contributed by atoms with Gasteiger partial charge in [-0.3, -0.25) is 0 Å². The quantitative estimate of drug-likeness (QED) is 0.838. The molecule has 1 heterocycles. The average molecular weight is 277 g/mol. The van der Waals surface area contributed by atoms with Crippen LogP contribution in [0.25, 0.3) is 0 Å². The van der Waals surface area contributed by atoms with Crippen molar-refractivity contribution in [2.24, 2.45) is 5.92 Å². The van der Waals surface area contributed by atoms with Crippen LogP contribution in [0.1, 0.15) is 58.1 Å². The summed E-state index contributed by atoms with van der Waals surface area (Å²) in [5.41, 5.74) is 0.494. The average Bonchev–Trinajstić information content (AvgIpc) is 2.47. The van der Waals surface area contributed by atoms with E-state index in [0.717, 1.165) is 56.0 Å². The fourth-order valence-corrected chi connectivity index (χ4v) is 2.94. The second-order valence-electron chi connectivity index (χ2n) is 6.07. The highest BCUT2D eigenvalue weighted by Crippen LogP contribution is 2.33. The lowest BCUT2D eigenvalue weighted by atomic mass is 9.78. The molecule has 4 heteroatoms. The summed E-state index contributed by atoms with van der Waals surface area (Å²) in [6, 6.07) is 1.99. The Balaban J connectivity index is 1.87. The maximum atomic E-state index is 10.6. The van der Waals surface area contributed by atoms with E-state index in [1.807, 2.05) is 6.07 Å². The summed E-state index contributed by atoms with van der Waals surface area (Å²) in [5, 5.41) is 13.9. The molecule has 1 aliphatic rings. The number of hydrogen-bond acceptors (Lipinski definition) is 4. The van der Waals surface area contributed by atoms with Gasteiger partial charge in [-0.25, -0.2) is 9.97 Å². The molecule has 112 valence electrons. The van der Waals surface area contributed by atoms with Crippen LogP contribution in [0.5, 0.6) is 0 Å². The van der Waals surface area contributed by atoms with E-state index in [4.69, 9.17) is 0 Å². The first-order valence-corrected chi connectivity index (χ1v) is 7.92. The van der Waals surface area contributed by atoms with Crippen LogP contribution < -0.4 is 5.32 Å². The highest BCUT2D eigenvalue weighted by Gasteiger charge is 2.32. The van der Waals surface area contributed by atoms with Crippen molar-refractivity contribution < 1.29 is 5.11 Å². The number of rotatable bonds is 6. The fraction of sp³-hybridized carbons (Fsp3) is 0.750. The minimum Gasteiger partial charge on any atom is -0.388 e. The maximum absolute atomic E-state index is 10.6. The van der Waals surface area contributed by atoms with Gasteiger partial charge in [0.05, 0.1) is 5.60 Å². The summed E-state index contributed by atoms with van der Waals surface area (Å²) >= 11 is 0. The molecule has 0 saturated heterocycles. The summed E-state index contributed by atoms with van der Waals surface area (Å²) in [4.78, 5) is 8.48. The molecule has 1 aromatic rings. The SMILES string of the molecule is CCCc1cc(NCC2(O)CCC(CC)CC2)ncn1. The minimum absolute atomic E-state index is 0.568. The fourth-order valence-electron chi connectivity index (χ4n) is 2.94. The van der Waals surface area contributed by atoms with Crippen molar-refractivity contribution in [1.29, 1.82) is 0 Å². The Morgan fingerprint density at radius 2 is 2.05 bits per heavy atom. The molecule has 0 spiro atoms. The van der Waals surface area contributed by atoms with Gasteiger partial charge in [-0.2, -0.15) is 0 Å². The Bertz CT molecular complexity index is 414. The smallest absolute Gasteiger partial charge is 0.129 e. The minimum atomic E-state index is -0.568. The molecule has 0 bridgehead atoms. The molecule has 4 nitrogen and oxygen atoms in total. The maximum Gasteiger partial charge on any atom is 0.129 e. The molecule has 2 rings (SSSR count). The van der Waals surface area contributed by atoms with Gasteiger partial charge in [-0.1, -0.05) is 26.7 Å². The Hall–Kier alpha value is -1.16. The van der Waals surface area contributed by atoms with Crippen LogP contribution in [-0.2, 0) is 6.42 Å². The Morgan fingerprint density at radius 3 is 2.70 bits per heavy atom. The second kappa shape index (κ2) is 7.02. The first-order chi connectivity index (χ1) is 9.65. The van der Waals surface area contributed by atoms with Gasteiger partial charge in [0.1, 0.15) is 12.1 Å². The number of aromatic nitrogens is 2. The first kappa shape index (κ1) is 15.2. The molecule has 0 unspecified atom stereocenters. The predicted molar refractivity (Wildman–Crippen MR) is 81.7 cm³/mol. The lowest BCUT2D eigenvalue weighted by Crippen LogP contribution is -2.40. The molecule has 2 N–H and O–H groups in total. The van der Waals surface area contributed by atoms with Crippen molar-refractivity contribution in [1.82, 2.24) is 9.97 Å². The van der Waals surface area contributed by atoms with Crippen LogP contribution in [0, 0.1) is 5.92 Å². The zero-order valence-electron chi connectivity index (χ0n) is 12.7. The topological polar surface area (TPSA) is 58.0 Å². The van der Waals surface area contributed by atoms with Gasteiger partial charge in [-0.05, 0) is 38.0 Å². The van der Waals surface area contributed by atoms with Crippen LogP contribution in [0.2, 0.25) is 0 Å². The van der Waals surface area contributed by atoms with Crippen LogP contribution in [0.4, 0.5) is 5.82 Å². The van der Waals surface area contributed by atoms with Crippen molar-refractivity contribution in [3.8, 4) is 0 Å². The van der Waals surface area contributed by atoms with Crippen LogP contribution in [0.3, 0.4) is 0 Å². The van der Waals surface area contributed by atoms with Crippen LogP contribution >= 0.6 is 0 Å². The van der Waals surface area contributed by atoms with Crippen molar-refractivity contribution in [2.45, 2.75) is 64.4 Å². The zero-order chi connectivity index (χ0) is 14.4. The Morgan fingerprint density at radius 1 is 1.30 bits per heavy atom. The van der Waals surface area contributed by atoms with E-state index >= 15 is 0 Å². The molecule has 0 atom stereocenters. The monoisotopic (exact) mass is 277 g/mol. The van der Waals surface area contributed by atoms with Gasteiger partial charge in [0.15, 0.2) is 0 Å². The van der Waals surface area contributed by atoms with Crippen LogP contribution in [0.15, 0.2) is 12.4 Å². The molecular weight excluding hydrogens is 250 g/mol. The van der Waals surface area contributed by atoms with E-state index in [0.29, 0.717) is 6.54 Å². The summed E-state index contributed by atoms with van der Waals surface area (Å²) in [7, 11) is 0. The molecule has 20 heavy (non-hydrogen) atoms.